The van der Waals surface area contributed by atoms with E-state index in [1.54, 1.807) is 13.2 Å². The van der Waals surface area contributed by atoms with Gasteiger partial charge in [-0.05, 0) is 29.7 Å². The number of nitrogens with one attached hydrogen (secondary N) is 1. The molecule has 0 aliphatic rings. The first-order valence-electron chi connectivity index (χ1n) is 8.21. The number of rotatable bonds is 8. The number of hydrogen-bond donors (Lipinski definition) is 1. The van der Waals surface area contributed by atoms with E-state index in [1.165, 1.54) is 18.2 Å². The Hall–Kier alpha value is -3.09. The van der Waals surface area contributed by atoms with Gasteiger partial charge in [-0.25, -0.2) is 0 Å². The molecule has 2 aromatic carbocycles. The Morgan fingerprint density at radius 2 is 1.85 bits per heavy atom. The molecule has 0 aliphatic carbocycles. The third-order valence-corrected chi connectivity index (χ3v) is 3.86. The number of benzene rings is 2. The molecule has 0 aromatic heterocycles. The fraction of sp³-hybridized carbons (Fsp3) is 0.316. The molecular formula is C19H22N2O5. The molecule has 0 fully saturated rings. The van der Waals surface area contributed by atoms with Crippen LogP contribution in [0.1, 0.15) is 25.5 Å². The maximum Gasteiger partial charge on any atom is 0.273 e. The van der Waals surface area contributed by atoms with Crippen molar-refractivity contribution in [3.63, 3.8) is 0 Å². The predicted octanol–water partition coefficient (Wildman–Crippen LogP) is 3.50. The molecule has 26 heavy (non-hydrogen) atoms. The van der Waals surface area contributed by atoms with Crippen LogP contribution in [0.15, 0.2) is 48.5 Å². The van der Waals surface area contributed by atoms with Crippen LogP contribution in [-0.4, -0.2) is 24.5 Å². The summed E-state index contributed by atoms with van der Waals surface area (Å²) >= 11 is 0. The molecule has 1 atom stereocenters. The average molecular weight is 358 g/mol. The van der Waals surface area contributed by atoms with Gasteiger partial charge in [-0.2, -0.15) is 0 Å². The Morgan fingerprint density at radius 3 is 2.42 bits per heavy atom. The van der Waals surface area contributed by atoms with Gasteiger partial charge in [-0.1, -0.05) is 32.0 Å². The van der Waals surface area contributed by atoms with Crippen LogP contribution in [-0.2, 0) is 4.79 Å². The van der Waals surface area contributed by atoms with Crippen LogP contribution in [0.5, 0.6) is 11.5 Å². The molecule has 0 radical (unpaired) electrons. The Kier molecular flexibility index (Phi) is 6.54. The smallest absolute Gasteiger partial charge is 0.273 e. The molecule has 7 nitrogen and oxygen atoms in total. The molecule has 0 saturated heterocycles. The molecule has 0 aliphatic heterocycles. The highest BCUT2D eigenvalue weighted by Crippen LogP contribution is 2.24. The minimum absolute atomic E-state index is 0.0822. The molecular weight excluding hydrogens is 336 g/mol. The quantitative estimate of drug-likeness (QED) is 0.576. The van der Waals surface area contributed by atoms with Crippen molar-refractivity contribution < 1.29 is 19.2 Å². The number of amides is 1. The number of ether oxygens (including phenoxy) is 2. The van der Waals surface area contributed by atoms with E-state index in [9.17, 15) is 14.9 Å². The van der Waals surface area contributed by atoms with Gasteiger partial charge >= 0.3 is 0 Å². The third-order valence-electron chi connectivity index (χ3n) is 3.86. The van der Waals surface area contributed by atoms with Gasteiger partial charge in [0.1, 0.15) is 11.5 Å². The first-order chi connectivity index (χ1) is 12.4. The van der Waals surface area contributed by atoms with E-state index < -0.39 is 4.92 Å². The van der Waals surface area contributed by atoms with Crippen molar-refractivity contribution in [3.8, 4) is 11.5 Å². The lowest BCUT2D eigenvalue weighted by Crippen LogP contribution is -2.35. The summed E-state index contributed by atoms with van der Waals surface area (Å²) in [5, 5.41) is 13.7. The highest BCUT2D eigenvalue weighted by molar-refractivity contribution is 5.78. The minimum atomic E-state index is -0.509. The Bertz CT molecular complexity index is 759. The number of nitrogens with zero attached hydrogens (tertiary/aromatic N) is 1. The van der Waals surface area contributed by atoms with Crippen molar-refractivity contribution >= 4 is 11.6 Å². The van der Waals surface area contributed by atoms with Crippen LogP contribution >= 0.6 is 0 Å². The topological polar surface area (TPSA) is 90.7 Å². The van der Waals surface area contributed by atoms with E-state index >= 15 is 0 Å². The lowest BCUT2D eigenvalue weighted by molar-refractivity contribution is -0.384. The summed E-state index contributed by atoms with van der Waals surface area (Å²) in [6.45, 7) is 3.80. The molecule has 0 spiro atoms. The van der Waals surface area contributed by atoms with E-state index in [2.05, 4.69) is 5.32 Å². The predicted molar refractivity (Wildman–Crippen MR) is 97.3 cm³/mol. The Morgan fingerprint density at radius 1 is 1.15 bits per heavy atom. The summed E-state index contributed by atoms with van der Waals surface area (Å²) in [7, 11) is 1.60. The molecule has 7 heteroatoms. The molecule has 0 saturated carbocycles. The van der Waals surface area contributed by atoms with Gasteiger partial charge in [-0.15, -0.1) is 0 Å². The van der Waals surface area contributed by atoms with Gasteiger partial charge in [0.05, 0.1) is 24.1 Å². The number of nitro benzene ring substituents is 1. The average Bonchev–Trinajstić information content (AvgIpc) is 2.64. The monoisotopic (exact) mass is 358 g/mol. The third kappa shape index (κ3) is 5.20. The number of non-ortho nitro benzene ring substituents is 1. The van der Waals surface area contributed by atoms with Crippen LogP contribution in [0.4, 0.5) is 5.69 Å². The highest BCUT2D eigenvalue weighted by atomic mass is 16.6. The fourth-order valence-electron chi connectivity index (χ4n) is 2.50. The highest BCUT2D eigenvalue weighted by Gasteiger charge is 2.19. The lowest BCUT2D eigenvalue weighted by atomic mass is 9.96. The second-order valence-electron chi connectivity index (χ2n) is 6.11. The number of nitro groups is 1. The molecule has 1 amide bonds. The largest absolute Gasteiger partial charge is 0.497 e. The number of methoxy groups -OCH3 is 1. The van der Waals surface area contributed by atoms with Crippen molar-refractivity contribution in [1.29, 1.82) is 0 Å². The standard InChI is InChI=1S/C19H22N2O5/c1-13(2)19(14-7-9-16(25-3)10-8-14)20-18(22)12-26-17-6-4-5-15(11-17)21(23)24/h4-11,13,19H,12H2,1-3H3,(H,20,22). The van der Waals surface area contributed by atoms with Gasteiger partial charge in [0.25, 0.3) is 11.6 Å². The first kappa shape index (κ1) is 19.2. The van der Waals surface area contributed by atoms with E-state index in [4.69, 9.17) is 9.47 Å². The summed E-state index contributed by atoms with van der Waals surface area (Å²) in [6.07, 6.45) is 0. The van der Waals surface area contributed by atoms with Gasteiger partial charge in [-0.3, -0.25) is 14.9 Å². The van der Waals surface area contributed by atoms with E-state index in [0.717, 1.165) is 11.3 Å². The Labute approximate surface area is 152 Å². The summed E-state index contributed by atoms with van der Waals surface area (Å²) in [5.74, 6) is 0.896. The molecule has 0 bridgehead atoms. The number of carbonyl (C=O) groups excluding carboxylic acids is 1. The molecule has 1 unspecified atom stereocenters. The zero-order valence-corrected chi connectivity index (χ0v) is 15.0. The van der Waals surface area contributed by atoms with Gasteiger partial charge in [0.2, 0.25) is 0 Å². The van der Waals surface area contributed by atoms with E-state index in [1.807, 2.05) is 38.1 Å². The maximum atomic E-state index is 12.3. The molecule has 2 aromatic rings. The molecule has 0 heterocycles. The number of carbonyl (C=O) groups is 1. The maximum absolute atomic E-state index is 12.3. The Balaban J connectivity index is 1.99. The first-order valence-corrected chi connectivity index (χ1v) is 8.21. The second kappa shape index (κ2) is 8.84. The van der Waals surface area contributed by atoms with Crippen LogP contribution in [0, 0.1) is 16.0 Å². The summed E-state index contributed by atoms with van der Waals surface area (Å²) < 4.78 is 10.5. The van der Waals surface area contributed by atoms with Crippen LogP contribution in [0.25, 0.3) is 0 Å². The molecule has 138 valence electrons. The van der Waals surface area contributed by atoms with Crippen molar-refractivity contribution in [2.24, 2.45) is 5.92 Å². The normalized spacial score (nSPS) is 11.7. The van der Waals surface area contributed by atoms with Gasteiger partial charge in [0, 0.05) is 6.07 Å². The number of hydrogen-bond acceptors (Lipinski definition) is 5. The summed E-state index contributed by atoms with van der Waals surface area (Å²) in [5.41, 5.74) is 0.880. The minimum Gasteiger partial charge on any atom is -0.497 e. The summed E-state index contributed by atoms with van der Waals surface area (Å²) in [4.78, 5) is 22.5. The SMILES string of the molecule is COc1ccc(C(NC(=O)COc2cccc([N+](=O)[O-])c2)C(C)C)cc1. The van der Waals surface area contributed by atoms with Crippen molar-refractivity contribution in [2.45, 2.75) is 19.9 Å². The van der Waals surface area contributed by atoms with Crippen molar-refractivity contribution in [2.75, 3.05) is 13.7 Å². The lowest BCUT2D eigenvalue weighted by Gasteiger charge is -2.23. The second-order valence-corrected chi connectivity index (χ2v) is 6.11. The fourth-order valence-corrected chi connectivity index (χ4v) is 2.50. The zero-order chi connectivity index (χ0) is 19.1. The zero-order valence-electron chi connectivity index (χ0n) is 15.0. The summed E-state index contributed by atoms with van der Waals surface area (Å²) in [6, 6.07) is 13.1. The van der Waals surface area contributed by atoms with Crippen LogP contribution in [0.3, 0.4) is 0 Å². The van der Waals surface area contributed by atoms with Crippen LogP contribution in [0.2, 0.25) is 0 Å². The molecule has 2 rings (SSSR count). The van der Waals surface area contributed by atoms with Gasteiger partial charge < -0.3 is 14.8 Å². The van der Waals surface area contributed by atoms with Crippen molar-refractivity contribution in [1.82, 2.24) is 5.32 Å². The van der Waals surface area contributed by atoms with Crippen LogP contribution < -0.4 is 14.8 Å². The van der Waals surface area contributed by atoms with Crippen molar-refractivity contribution in [3.05, 3.63) is 64.2 Å². The van der Waals surface area contributed by atoms with E-state index in [0.29, 0.717) is 0 Å². The van der Waals surface area contributed by atoms with Gasteiger partial charge in [0.15, 0.2) is 6.61 Å². The molecule has 1 N–H and O–H groups in total. The van der Waals surface area contributed by atoms with E-state index in [-0.39, 0.29) is 35.9 Å².